The second-order valence-corrected chi connectivity index (χ2v) is 5.41. The summed E-state index contributed by atoms with van der Waals surface area (Å²) in [5.41, 5.74) is 7.84. The Balaban J connectivity index is 2.55. The van der Waals surface area contributed by atoms with Gasteiger partial charge in [0.25, 0.3) is 0 Å². The third-order valence-electron chi connectivity index (χ3n) is 3.05. The first kappa shape index (κ1) is 13.6. The van der Waals surface area contributed by atoms with Crippen molar-refractivity contribution in [2.75, 3.05) is 23.7 Å². The van der Waals surface area contributed by atoms with Crippen LogP contribution in [0.25, 0.3) is 10.9 Å². The third kappa shape index (κ3) is 2.96. The lowest BCUT2D eigenvalue weighted by atomic mass is 10.1. The number of aliphatic hydroxyl groups is 1. The molecular weight excluding hydrogens is 238 g/mol. The molecule has 0 spiro atoms. The largest absolute Gasteiger partial charge is 0.396 e. The van der Waals surface area contributed by atoms with E-state index in [-0.39, 0.29) is 0 Å². The van der Waals surface area contributed by atoms with Gasteiger partial charge in [-0.05, 0) is 26.8 Å². The summed E-state index contributed by atoms with van der Waals surface area (Å²) in [7, 11) is 0. The molecule has 1 heterocycles. The molecule has 4 nitrogen and oxygen atoms in total. The summed E-state index contributed by atoms with van der Waals surface area (Å²) >= 11 is 0. The normalized spacial score (nSPS) is 11.8. The van der Waals surface area contributed by atoms with Crippen molar-refractivity contribution in [3.8, 4) is 0 Å². The van der Waals surface area contributed by atoms with E-state index in [1.807, 2.05) is 24.3 Å². The van der Waals surface area contributed by atoms with Crippen molar-refractivity contribution in [2.24, 2.45) is 0 Å². The van der Waals surface area contributed by atoms with Gasteiger partial charge in [-0.1, -0.05) is 18.2 Å². The number of hydrogen-bond acceptors (Lipinski definition) is 4. The van der Waals surface area contributed by atoms with E-state index in [2.05, 4.69) is 16.8 Å². The van der Waals surface area contributed by atoms with E-state index in [1.165, 1.54) is 0 Å². The Morgan fingerprint density at radius 1 is 1.32 bits per heavy atom. The average Bonchev–Trinajstić information content (AvgIpc) is 2.35. The van der Waals surface area contributed by atoms with Gasteiger partial charge >= 0.3 is 0 Å². The van der Waals surface area contributed by atoms with Crippen LogP contribution in [0.3, 0.4) is 0 Å². The van der Waals surface area contributed by atoms with E-state index < -0.39 is 5.60 Å². The Morgan fingerprint density at radius 2 is 2.00 bits per heavy atom. The molecule has 1 aromatic heterocycles. The molecule has 0 aliphatic carbocycles. The van der Waals surface area contributed by atoms with Crippen LogP contribution in [0.4, 0.5) is 11.4 Å². The van der Waals surface area contributed by atoms with Crippen LogP contribution in [0.5, 0.6) is 0 Å². The highest BCUT2D eigenvalue weighted by atomic mass is 16.3. The maximum absolute atomic E-state index is 10.0. The summed E-state index contributed by atoms with van der Waals surface area (Å²) in [6.07, 6.45) is 1.69. The Kier molecular flexibility index (Phi) is 3.62. The Morgan fingerprint density at radius 3 is 2.63 bits per heavy atom. The molecule has 0 saturated heterocycles. The van der Waals surface area contributed by atoms with Crippen molar-refractivity contribution < 1.29 is 5.11 Å². The number of fused-ring (bicyclic) bond motifs is 1. The average molecular weight is 259 g/mol. The van der Waals surface area contributed by atoms with Crippen LogP contribution in [0, 0.1) is 0 Å². The molecule has 1 aromatic carbocycles. The number of likely N-dealkylation sites (N-methyl/N-ethyl adjacent to an activating group) is 1. The fourth-order valence-corrected chi connectivity index (χ4v) is 2.31. The zero-order valence-corrected chi connectivity index (χ0v) is 11.7. The van der Waals surface area contributed by atoms with Crippen LogP contribution < -0.4 is 10.6 Å². The van der Waals surface area contributed by atoms with Crippen molar-refractivity contribution in [2.45, 2.75) is 26.4 Å². The van der Waals surface area contributed by atoms with Crippen LogP contribution in [-0.2, 0) is 0 Å². The molecule has 102 valence electrons. The summed E-state index contributed by atoms with van der Waals surface area (Å²) in [5.74, 6) is 0. The monoisotopic (exact) mass is 259 g/mol. The highest BCUT2D eigenvalue weighted by Crippen LogP contribution is 2.32. The highest BCUT2D eigenvalue weighted by Gasteiger charge is 2.20. The molecule has 19 heavy (non-hydrogen) atoms. The SMILES string of the molecule is CCN(CC(C)(C)O)c1c(N)cnc2ccccc12. The van der Waals surface area contributed by atoms with Gasteiger partial charge in [0.2, 0.25) is 0 Å². The van der Waals surface area contributed by atoms with Gasteiger partial charge in [0.1, 0.15) is 0 Å². The van der Waals surface area contributed by atoms with Crippen molar-refractivity contribution in [1.29, 1.82) is 0 Å². The number of rotatable bonds is 4. The quantitative estimate of drug-likeness (QED) is 0.885. The molecular formula is C15H21N3O. The lowest BCUT2D eigenvalue weighted by molar-refractivity contribution is 0.0877. The summed E-state index contributed by atoms with van der Waals surface area (Å²) < 4.78 is 0. The van der Waals surface area contributed by atoms with Gasteiger partial charge in [0.05, 0.1) is 28.7 Å². The van der Waals surface area contributed by atoms with Gasteiger partial charge in [-0.15, -0.1) is 0 Å². The molecule has 0 aliphatic rings. The molecule has 0 radical (unpaired) electrons. The summed E-state index contributed by atoms with van der Waals surface area (Å²) in [5, 5.41) is 11.1. The molecule has 2 rings (SSSR count). The predicted molar refractivity (Wildman–Crippen MR) is 80.3 cm³/mol. The van der Waals surface area contributed by atoms with Gasteiger partial charge in [0, 0.05) is 18.5 Å². The number of benzene rings is 1. The van der Waals surface area contributed by atoms with Crippen molar-refractivity contribution >= 4 is 22.3 Å². The minimum atomic E-state index is -0.771. The first-order chi connectivity index (χ1) is 8.92. The highest BCUT2D eigenvalue weighted by molar-refractivity contribution is 5.97. The molecule has 4 heteroatoms. The first-order valence-electron chi connectivity index (χ1n) is 6.53. The number of anilines is 2. The van der Waals surface area contributed by atoms with Crippen molar-refractivity contribution in [3.63, 3.8) is 0 Å². The molecule has 2 aromatic rings. The van der Waals surface area contributed by atoms with E-state index in [0.717, 1.165) is 23.1 Å². The van der Waals surface area contributed by atoms with E-state index in [0.29, 0.717) is 12.2 Å². The second-order valence-electron chi connectivity index (χ2n) is 5.41. The molecule has 0 aliphatic heterocycles. The lowest BCUT2D eigenvalue weighted by Crippen LogP contribution is -2.39. The van der Waals surface area contributed by atoms with E-state index in [1.54, 1.807) is 20.0 Å². The fourth-order valence-electron chi connectivity index (χ4n) is 2.31. The first-order valence-corrected chi connectivity index (χ1v) is 6.53. The molecule has 0 unspecified atom stereocenters. The third-order valence-corrected chi connectivity index (χ3v) is 3.05. The van der Waals surface area contributed by atoms with Gasteiger partial charge in [-0.3, -0.25) is 4.98 Å². The molecule has 0 bridgehead atoms. The number of aromatic nitrogens is 1. The smallest absolute Gasteiger partial charge is 0.0765 e. The number of pyridine rings is 1. The topological polar surface area (TPSA) is 62.4 Å². The van der Waals surface area contributed by atoms with Crippen LogP contribution in [0.2, 0.25) is 0 Å². The minimum absolute atomic E-state index is 0.529. The second kappa shape index (κ2) is 5.05. The summed E-state index contributed by atoms with van der Waals surface area (Å²) in [6, 6.07) is 7.92. The fraction of sp³-hybridized carbons (Fsp3) is 0.400. The molecule has 0 saturated carbocycles. The standard InChI is InChI=1S/C15H21N3O/c1-4-18(10-15(2,3)19)14-11-7-5-6-8-13(11)17-9-12(14)16/h5-9,19H,4,10,16H2,1-3H3. The maximum Gasteiger partial charge on any atom is 0.0765 e. The maximum atomic E-state index is 10.0. The Labute approximate surface area is 113 Å². The molecule has 0 atom stereocenters. The van der Waals surface area contributed by atoms with Gasteiger partial charge in [-0.2, -0.15) is 0 Å². The predicted octanol–water partition coefficient (Wildman–Crippen LogP) is 2.41. The summed E-state index contributed by atoms with van der Waals surface area (Å²) in [4.78, 5) is 6.44. The van der Waals surface area contributed by atoms with Gasteiger partial charge in [0.15, 0.2) is 0 Å². The number of nitrogens with two attached hydrogens (primary N) is 1. The Hall–Kier alpha value is -1.81. The minimum Gasteiger partial charge on any atom is -0.396 e. The zero-order chi connectivity index (χ0) is 14.0. The zero-order valence-electron chi connectivity index (χ0n) is 11.7. The number of nitrogens with zero attached hydrogens (tertiary/aromatic N) is 2. The Bertz CT molecular complexity index is 575. The van der Waals surface area contributed by atoms with Crippen molar-refractivity contribution in [1.82, 2.24) is 4.98 Å². The molecule has 3 N–H and O–H groups in total. The van der Waals surface area contributed by atoms with E-state index in [9.17, 15) is 5.11 Å². The van der Waals surface area contributed by atoms with E-state index in [4.69, 9.17) is 5.73 Å². The van der Waals surface area contributed by atoms with E-state index >= 15 is 0 Å². The van der Waals surface area contributed by atoms with Gasteiger partial charge in [-0.25, -0.2) is 0 Å². The summed E-state index contributed by atoms with van der Waals surface area (Å²) in [6.45, 7) is 6.97. The van der Waals surface area contributed by atoms with Crippen LogP contribution in [0.15, 0.2) is 30.5 Å². The number of nitrogen functional groups attached to an aromatic ring is 1. The molecule has 0 fully saturated rings. The number of hydrogen-bond donors (Lipinski definition) is 2. The van der Waals surface area contributed by atoms with Crippen molar-refractivity contribution in [3.05, 3.63) is 30.5 Å². The number of para-hydroxylation sites is 1. The van der Waals surface area contributed by atoms with Gasteiger partial charge < -0.3 is 15.7 Å². The van der Waals surface area contributed by atoms with Crippen LogP contribution in [-0.4, -0.2) is 28.8 Å². The van der Waals surface area contributed by atoms with Crippen LogP contribution >= 0.6 is 0 Å². The lowest BCUT2D eigenvalue weighted by Gasteiger charge is -2.31. The van der Waals surface area contributed by atoms with Crippen LogP contribution in [0.1, 0.15) is 20.8 Å². The molecule has 0 amide bonds.